The fourth-order valence-electron chi connectivity index (χ4n) is 2.41. The summed E-state index contributed by atoms with van der Waals surface area (Å²) in [5.41, 5.74) is 1.33. The Hall–Kier alpha value is -1.85. The van der Waals surface area contributed by atoms with Gasteiger partial charge < -0.3 is 14.4 Å². The number of rotatable bonds is 3. The first-order valence-corrected chi connectivity index (χ1v) is 7.66. The molecule has 122 valence electrons. The van der Waals surface area contributed by atoms with Gasteiger partial charge in [0.25, 0.3) is 0 Å². The molecule has 0 aliphatic carbocycles. The highest BCUT2D eigenvalue weighted by molar-refractivity contribution is 5.68. The van der Waals surface area contributed by atoms with Crippen LogP contribution < -0.4 is 4.74 Å². The molecule has 6 heteroatoms. The SMILES string of the molecule is Cc1cc(C)nc(OCC2CCN(C(=O)OC(C)(C)C)C2)n1. The summed E-state index contributed by atoms with van der Waals surface area (Å²) in [6, 6.07) is 2.32. The third-order valence-electron chi connectivity index (χ3n) is 3.35. The Kier molecular flexibility index (Phi) is 4.88. The minimum absolute atomic E-state index is 0.252. The molecule has 22 heavy (non-hydrogen) atoms. The average molecular weight is 307 g/mol. The van der Waals surface area contributed by atoms with E-state index < -0.39 is 5.60 Å². The molecule has 0 N–H and O–H groups in total. The zero-order chi connectivity index (χ0) is 16.3. The number of hydrogen-bond acceptors (Lipinski definition) is 5. The van der Waals surface area contributed by atoms with Crippen molar-refractivity contribution in [2.45, 2.75) is 46.6 Å². The predicted octanol–water partition coefficient (Wildman–Crippen LogP) is 2.73. The lowest BCUT2D eigenvalue weighted by molar-refractivity contribution is 0.0284. The molecule has 1 aromatic rings. The fourth-order valence-corrected chi connectivity index (χ4v) is 2.41. The van der Waals surface area contributed by atoms with Crippen LogP contribution in [0.1, 0.15) is 38.6 Å². The van der Waals surface area contributed by atoms with Gasteiger partial charge in [-0.2, -0.15) is 0 Å². The van der Waals surface area contributed by atoms with Gasteiger partial charge in [0.15, 0.2) is 0 Å². The van der Waals surface area contributed by atoms with E-state index in [1.807, 2.05) is 40.7 Å². The Labute approximate surface area is 131 Å². The number of carbonyl (C=O) groups excluding carboxylic acids is 1. The number of hydrogen-bond donors (Lipinski definition) is 0. The van der Waals surface area contributed by atoms with Gasteiger partial charge in [0.1, 0.15) is 5.60 Å². The van der Waals surface area contributed by atoms with Crippen LogP contribution in [0, 0.1) is 19.8 Å². The second-order valence-corrected chi connectivity index (χ2v) is 6.83. The summed E-state index contributed by atoms with van der Waals surface area (Å²) in [4.78, 5) is 22.3. The van der Waals surface area contributed by atoms with Crippen LogP contribution in [0.3, 0.4) is 0 Å². The average Bonchev–Trinajstić information content (AvgIpc) is 2.82. The van der Waals surface area contributed by atoms with E-state index in [9.17, 15) is 4.79 Å². The summed E-state index contributed by atoms with van der Waals surface area (Å²) >= 11 is 0. The van der Waals surface area contributed by atoms with Crippen molar-refractivity contribution in [3.05, 3.63) is 17.5 Å². The quantitative estimate of drug-likeness (QED) is 0.859. The van der Waals surface area contributed by atoms with Gasteiger partial charge in [0.05, 0.1) is 6.61 Å². The van der Waals surface area contributed by atoms with Gasteiger partial charge in [-0.15, -0.1) is 0 Å². The van der Waals surface area contributed by atoms with Crippen molar-refractivity contribution in [3.63, 3.8) is 0 Å². The van der Waals surface area contributed by atoms with Crippen molar-refractivity contribution in [1.29, 1.82) is 0 Å². The topological polar surface area (TPSA) is 64.5 Å². The van der Waals surface area contributed by atoms with E-state index in [4.69, 9.17) is 9.47 Å². The monoisotopic (exact) mass is 307 g/mol. The van der Waals surface area contributed by atoms with Gasteiger partial charge >= 0.3 is 12.1 Å². The molecule has 6 nitrogen and oxygen atoms in total. The lowest BCUT2D eigenvalue weighted by Gasteiger charge is -2.24. The zero-order valence-corrected chi connectivity index (χ0v) is 14.0. The normalized spacial score (nSPS) is 18.4. The first-order valence-electron chi connectivity index (χ1n) is 7.66. The van der Waals surface area contributed by atoms with Crippen LogP contribution in [0.25, 0.3) is 0 Å². The minimum atomic E-state index is -0.460. The van der Waals surface area contributed by atoms with Crippen LogP contribution in [-0.2, 0) is 4.74 Å². The molecular formula is C16H25N3O3. The smallest absolute Gasteiger partial charge is 0.410 e. The van der Waals surface area contributed by atoms with Crippen LogP contribution >= 0.6 is 0 Å². The molecule has 0 radical (unpaired) electrons. The van der Waals surface area contributed by atoms with Crippen molar-refractivity contribution in [2.24, 2.45) is 5.92 Å². The third-order valence-corrected chi connectivity index (χ3v) is 3.35. The molecule has 1 saturated heterocycles. The van der Waals surface area contributed by atoms with Crippen molar-refractivity contribution in [2.75, 3.05) is 19.7 Å². The Morgan fingerprint density at radius 2 is 1.95 bits per heavy atom. The van der Waals surface area contributed by atoms with E-state index in [-0.39, 0.29) is 12.0 Å². The summed E-state index contributed by atoms with van der Waals surface area (Å²) in [6.07, 6.45) is 0.655. The molecule has 1 amide bonds. The van der Waals surface area contributed by atoms with E-state index in [1.54, 1.807) is 4.90 Å². The summed E-state index contributed by atoms with van der Waals surface area (Å²) in [6.45, 7) is 11.3. The molecule has 2 rings (SSSR count). The van der Waals surface area contributed by atoms with E-state index in [0.717, 1.165) is 17.8 Å². The van der Waals surface area contributed by atoms with Gasteiger partial charge in [-0.1, -0.05) is 0 Å². The number of likely N-dealkylation sites (tertiary alicyclic amines) is 1. The number of ether oxygens (including phenoxy) is 2. The van der Waals surface area contributed by atoms with Gasteiger partial charge in [0, 0.05) is 30.4 Å². The minimum Gasteiger partial charge on any atom is -0.463 e. The van der Waals surface area contributed by atoms with Gasteiger partial charge in [0.2, 0.25) is 0 Å². The Morgan fingerprint density at radius 3 is 2.55 bits per heavy atom. The maximum Gasteiger partial charge on any atom is 0.410 e. The number of carbonyl (C=O) groups is 1. The molecule has 1 aliphatic heterocycles. The Bertz CT molecular complexity index is 520. The third kappa shape index (κ3) is 4.86. The van der Waals surface area contributed by atoms with E-state index in [0.29, 0.717) is 25.7 Å². The molecular weight excluding hydrogens is 282 g/mol. The van der Waals surface area contributed by atoms with Gasteiger partial charge in [-0.3, -0.25) is 0 Å². The Balaban J connectivity index is 1.82. The van der Waals surface area contributed by atoms with Crippen LogP contribution in [0.15, 0.2) is 6.07 Å². The number of aryl methyl sites for hydroxylation is 2. The second-order valence-electron chi connectivity index (χ2n) is 6.83. The molecule has 1 atom stereocenters. The maximum atomic E-state index is 12.0. The van der Waals surface area contributed by atoms with E-state index in [1.165, 1.54) is 0 Å². The summed E-state index contributed by atoms with van der Waals surface area (Å²) in [7, 11) is 0. The van der Waals surface area contributed by atoms with Crippen LogP contribution in [-0.4, -0.2) is 46.3 Å². The molecule has 1 aromatic heterocycles. The summed E-state index contributed by atoms with van der Waals surface area (Å²) in [5.74, 6) is 0.289. The van der Waals surface area contributed by atoms with Crippen molar-refractivity contribution >= 4 is 6.09 Å². The molecule has 0 bridgehead atoms. The standard InChI is InChI=1S/C16H25N3O3/c1-11-8-12(2)18-14(17-11)21-10-13-6-7-19(9-13)15(20)22-16(3,4)5/h8,13H,6-7,9-10H2,1-5H3. The summed E-state index contributed by atoms with van der Waals surface area (Å²) in [5, 5.41) is 0. The first-order chi connectivity index (χ1) is 10.2. The lowest BCUT2D eigenvalue weighted by atomic mass is 10.1. The summed E-state index contributed by atoms with van der Waals surface area (Å²) < 4.78 is 11.1. The van der Waals surface area contributed by atoms with Crippen molar-refractivity contribution < 1.29 is 14.3 Å². The predicted molar refractivity (Wildman–Crippen MR) is 82.9 cm³/mol. The van der Waals surface area contributed by atoms with Gasteiger partial charge in [-0.25, -0.2) is 14.8 Å². The maximum absolute atomic E-state index is 12.0. The first kappa shape index (κ1) is 16.5. The van der Waals surface area contributed by atoms with E-state index >= 15 is 0 Å². The Morgan fingerprint density at radius 1 is 1.32 bits per heavy atom. The zero-order valence-electron chi connectivity index (χ0n) is 14.0. The highest BCUT2D eigenvalue weighted by Gasteiger charge is 2.30. The molecule has 1 fully saturated rings. The number of nitrogens with zero attached hydrogens (tertiary/aromatic N) is 3. The van der Waals surface area contributed by atoms with Crippen LogP contribution in [0.2, 0.25) is 0 Å². The lowest BCUT2D eigenvalue weighted by Crippen LogP contribution is -2.35. The fraction of sp³-hybridized carbons (Fsp3) is 0.688. The highest BCUT2D eigenvalue weighted by Crippen LogP contribution is 2.20. The molecule has 0 aromatic carbocycles. The largest absolute Gasteiger partial charge is 0.463 e. The van der Waals surface area contributed by atoms with Crippen LogP contribution in [0.5, 0.6) is 6.01 Å². The molecule has 1 aliphatic rings. The van der Waals surface area contributed by atoms with E-state index in [2.05, 4.69) is 9.97 Å². The van der Waals surface area contributed by atoms with Crippen molar-refractivity contribution in [1.82, 2.24) is 14.9 Å². The van der Waals surface area contributed by atoms with Gasteiger partial charge in [-0.05, 0) is 47.1 Å². The number of amides is 1. The van der Waals surface area contributed by atoms with Crippen molar-refractivity contribution in [3.8, 4) is 6.01 Å². The highest BCUT2D eigenvalue weighted by atomic mass is 16.6. The number of aromatic nitrogens is 2. The van der Waals surface area contributed by atoms with Crippen LogP contribution in [0.4, 0.5) is 4.79 Å². The second kappa shape index (κ2) is 6.50. The molecule has 2 heterocycles. The molecule has 0 spiro atoms. The molecule has 0 saturated carbocycles. The molecule has 1 unspecified atom stereocenters.